The standard InChI is InChI=1S/C28H37N3O7/c1-30-26(18-7-8-21(34-2)22(15-18)35-3)25(27(32)29-9-6-10-31-11-13-38-14-12-31)19-16-23(36-4)24(37-5)17-20(19)28(30)33/h7-8,15-17,25-26H,6,9-14H2,1-5H3,(H,29,32)/t25-,26-/m1/s1. The van der Waals surface area contributed by atoms with Crippen LogP contribution in [0.5, 0.6) is 23.0 Å². The van der Waals surface area contributed by atoms with Crippen LogP contribution in [0.2, 0.25) is 0 Å². The van der Waals surface area contributed by atoms with Gasteiger partial charge in [-0.1, -0.05) is 6.07 Å². The summed E-state index contributed by atoms with van der Waals surface area (Å²) >= 11 is 0. The van der Waals surface area contributed by atoms with Crippen LogP contribution < -0.4 is 24.3 Å². The van der Waals surface area contributed by atoms with Crippen LogP contribution in [0.15, 0.2) is 30.3 Å². The summed E-state index contributed by atoms with van der Waals surface area (Å²) in [6, 6.07) is 8.28. The van der Waals surface area contributed by atoms with Gasteiger partial charge in [-0.05, 0) is 48.4 Å². The molecule has 10 nitrogen and oxygen atoms in total. The lowest BCUT2D eigenvalue weighted by molar-refractivity contribution is -0.124. The van der Waals surface area contributed by atoms with Crippen LogP contribution >= 0.6 is 0 Å². The summed E-state index contributed by atoms with van der Waals surface area (Å²) in [6.07, 6.45) is 0.813. The summed E-state index contributed by atoms with van der Waals surface area (Å²) in [5.41, 5.74) is 1.76. The normalized spacial score (nSPS) is 19.5. The molecular weight excluding hydrogens is 490 g/mol. The smallest absolute Gasteiger partial charge is 0.254 e. The lowest BCUT2D eigenvalue weighted by Gasteiger charge is -2.40. The molecule has 1 N–H and O–H groups in total. The Balaban J connectivity index is 1.69. The SMILES string of the molecule is COc1ccc([C@@H]2[C@H](C(=O)NCCCN3CCOCC3)c3cc(OC)c(OC)cc3C(=O)N2C)cc1OC. The number of morpholine rings is 1. The number of carbonyl (C=O) groups excluding carboxylic acids is 2. The molecule has 2 aliphatic heterocycles. The van der Waals surface area contributed by atoms with Gasteiger partial charge in [0.25, 0.3) is 5.91 Å². The van der Waals surface area contributed by atoms with Crippen molar-refractivity contribution in [3.05, 3.63) is 47.0 Å². The van der Waals surface area contributed by atoms with Crippen molar-refractivity contribution in [1.82, 2.24) is 15.1 Å². The molecule has 0 bridgehead atoms. The number of likely N-dealkylation sites (N-methyl/N-ethyl adjacent to an activating group) is 1. The average molecular weight is 528 g/mol. The van der Waals surface area contributed by atoms with E-state index in [1.54, 1.807) is 44.4 Å². The van der Waals surface area contributed by atoms with Crippen molar-refractivity contribution < 1.29 is 33.3 Å². The number of amides is 2. The number of carbonyl (C=O) groups is 2. The molecule has 1 fully saturated rings. The van der Waals surface area contributed by atoms with Gasteiger partial charge < -0.3 is 33.9 Å². The molecule has 2 aliphatic rings. The third-order valence-electron chi connectivity index (χ3n) is 7.26. The van der Waals surface area contributed by atoms with Crippen LogP contribution in [-0.4, -0.2) is 96.5 Å². The second-order valence-corrected chi connectivity index (χ2v) is 9.35. The minimum Gasteiger partial charge on any atom is -0.493 e. The summed E-state index contributed by atoms with van der Waals surface area (Å²) in [5.74, 6) is 0.915. The van der Waals surface area contributed by atoms with Crippen molar-refractivity contribution >= 4 is 11.8 Å². The second kappa shape index (κ2) is 12.4. The highest BCUT2D eigenvalue weighted by Crippen LogP contribution is 2.46. The first kappa shape index (κ1) is 27.5. The molecule has 0 radical (unpaired) electrons. The average Bonchev–Trinajstić information content (AvgIpc) is 2.96. The number of hydrogen-bond acceptors (Lipinski definition) is 8. The van der Waals surface area contributed by atoms with E-state index in [1.165, 1.54) is 14.2 Å². The second-order valence-electron chi connectivity index (χ2n) is 9.35. The van der Waals surface area contributed by atoms with Crippen LogP contribution in [-0.2, 0) is 9.53 Å². The number of ether oxygens (including phenoxy) is 5. The molecule has 4 rings (SSSR count). The molecule has 2 atom stereocenters. The quantitative estimate of drug-likeness (QED) is 0.471. The van der Waals surface area contributed by atoms with E-state index in [-0.39, 0.29) is 11.8 Å². The lowest BCUT2D eigenvalue weighted by atomic mass is 9.79. The van der Waals surface area contributed by atoms with Crippen molar-refractivity contribution in [3.8, 4) is 23.0 Å². The molecule has 0 aromatic heterocycles. The number of methoxy groups -OCH3 is 4. The Hall–Kier alpha value is -3.50. The fraction of sp³-hybridized carbons (Fsp3) is 0.500. The maximum atomic E-state index is 13.9. The number of fused-ring (bicyclic) bond motifs is 1. The third kappa shape index (κ3) is 5.51. The highest BCUT2D eigenvalue weighted by atomic mass is 16.5. The maximum absolute atomic E-state index is 13.9. The summed E-state index contributed by atoms with van der Waals surface area (Å²) < 4.78 is 27.3. The fourth-order valence-electron chi connectivity index (χ4n) is 5.23. The molecule has 2 aromatic rings. The number of benzene rings is 2. The van der Waals surface area contributed by atoms with Gasteiger partial charge in [0, 0.05) is 32.2 Å². The monoisotopic (exact) mass is 527 g/mol. The van der Waals surface area contributed by atoms with Crippen LogP contribution in [0.3, 0.4) is 0 Å². The number of nitrogens with zero attached hydrogens (tertiary/aromatic N) is 2. The van der Waals surface area contributed by atoms with E-state index in [0.717, 1.165) is 44.8 Å². The number of rotatable bonds is 10. The van der Waals surface area contributed by atoms with Crippen molar-refractivity contribution in [3.63, 3.8) is 0 Å². The van der Waals surface area contributed by atoms with Gasteiger partial charge in [0.1, 0.15) is 0 Å². The van der Waals surface area contributed by atoms with E-state index >= 15 is 0 Å². The minimum atomic E-state index is -0.686. The molecule has 0 saturated carbocycles. The van der Waals surface area contributed by atoms with Gasteiger partial charge in [0.05, 0.1) is 53.6 Å². The highest BCUT2D eigenvalue weighted by Gasteiger charge is 2.43. The van der Waals surface area contributed by atoms with E-state index in [9.17, 15) is 9.59 Å². The first-order valence-electron chi connectivity index (χ1n) is 12.8. The Kier molecular flexibility index (Phi) is 8.96. The molecule has 206 valence electrons. The number of hydrogen-bond donors (Lipinski definition) is 1. The van der Waals surface area contributed by atoms with E-state index < -0.39 is 12.0 Å². The van der Waals surface area contributed by atoms with Gasteiger partial charge in [0.2, 0.25) is 5.91 Å². The Morgan fingerprint density at radius 1 is 0.947 bits per heavy atom. The predicted octanol–water partition coefficient (Wildman–Crippen LogP) is 2.47. The van der Waals surface area contributed by atoms with Crippen LogP contribution in [0.4, 0.5) is 0 Å². The zero-order chi connectivity index (χ0) is 27.2. The minimum absolute atomic E-state index is 0.167. The van der Waals surface area contributed by atoms with Gasteiger partial charge in [-0.25, -0.2) is 0 Å². The molecule has 0 spiro atoms. The molecule has 0 aliphatic carbocycles. The van der Waals surface area contributed by atoms with Crippen LogP contribution in [0.25, 0.3) is 0 Å². The maximum Gasteiger partial charge on any atom is 0.254 e. The van der Waals surface area contributed by atoms with Crippen molar-refractivity contribution in [1.29, 1.82) is 0 Å². The molecule has 38 heavy (non-hydrogen) atoms. The van der Waals surface area contributed by atoms with Gasteiger partial charge in [0.15, 0.2) is 23.0 Å². The van der Waals surface area contributed by atoms with E-state index in [4.69, 9.17) is 23.7 Å². The van der Waals surface area contributed by atoms with E-state index in [1.807, 2.05) is 12.1 Å². The first-order chi connectivity index (χ1) is 18.4. The van der Waals surface area contributed by atoms with Gasteiger partial charge in [-0.15, -0.1) is 0 Å². The van der Waals surface area contributed by atoms with E-state index in [0.29, 0.717) is 40.7 Å². The van der Waals surface area contributed by atoms with Crippen molar-refractivity contribution in [2.24, 2.45) is 0 Å². The summed E-state index contributed by atoms with van der Waals surface area (Å²) in [5, 5.41) is 3.12. The molecule has 0 unspecified atom stereocenters. The van der Waals surface area contributed by atoms with Crippen molar-refractivity contribution in [2.75, 3.05) is 74.9 Å². The molecule has 2 aromatic carbocycles. The number of nitrogens with one attached hydrogen (secondary N) is 1. The zero-order valence-corrected chi connectivity index (χ0v) is 22.7. The lowest BCUT2D eigenvalue weighted by Crippen LogP contribution is -2.46. The highest BCUT2D eigenvalue weighted by molar-refractivity contribution is 6.02. The largest absolute Gasteiger partial charge is 0.493 e. The fourth-order valence-corrected chi connectivity index (χ4v) is 5.23. The topological polar surface area (TPSA) is 98.8 Å². The Morgan fingerprint density at radius 2 is 1.58 bits per heavy atom. The zero-order valence-electron chi connectivity index (χ0n) is 22.7. The van der Waals surface area contributed by atoms with Gasteiger partial charge >= 0.3 is 0 Å². The van der Waals surface area contributed by atoms with Gasteiger partial charge in [-0.3, -0.25) is 14.5 Å². The third-order valence-corrected chi connectivity index (χ3v) is 7.26. The van der Waals surface area contributed by atoms with Crippen molar-refractivity contribution in [2.45, 2.75) is 18.4 Å². The molecule has 10 heteroatoms. The van der Waals surface area contributed by atoms with Crippen LogP contribution in [0.1, 0.15) is 39.9 Å². The molecule has 2 amide bonds. The Labute approximate surface area is 223 Å². The predicted molar refractivity (Wildman–Crippen MR) is 142 cm³/mol. The Morgan fingerprint density at radius 3 is 2.24 bits per heavy atom. The van der Waals surface area contributed by atoms with Gasteiger partial charge in [-0.2, -0.15) is 0 Å². The summed E-state index contributed by atoms with van der Waals surface area (Å²) in [4.78, 5) is 31.4. The summed E-state index contributed by atoms with van der Waals surface area (Å²) in [7, 11) is 7.89. The first-order valence-corrected chi connectivity index (χ1v) is 12.8. The van der Waals surface area contributed by atoms with Crippen LogP contribution in [0, 0.1) is 0 Å². The van der Waals surface area contributed by atoms with E-state index in [2.05, 4.69) is 10.2 Å². The molecular formula is C28H37N3O7. The molecule has 2 heterocycles. The Bertz CT molecular complexity index is 1150. The summed E-state index contributed by atoms with van der Waals surface area (Å²) in [6.45, 7) is 4.69. The molecule has 1 saturated heterocycles.